The monoisotopic (exact) mass is 188 g/mol. The van der Waals surface area contributed by atoms with Crippen molar-refractivity contribution < 1.29 is 9.53 Å². The van der Waals surface area contributed by atoms with E-state index < -0.39 is 0 Å². The molecule has 0 aliphatic heterocycles. The molecule has 2 aromatic rings. The Bertz CT molecular complexity index is 493. The average Bonchev–Trinajstić information content (AvgIpc) is 2.62. The van der Waals surface area contributed by atoms with Gasteiger partial charge in [0.05, 0.1) is 18.8 Å². The van der Waals surface area contributed by atoms with E-state index in [-0.39, 0.29) is 5.97 Å². The highest BCUT2D eigenvalue weighted by atomic mass is 16.5. The van der Waals surface area contributed by atoms with Gasteiger partial charge in [0.1, 0.15) is 13.5 Å². The number of carbonyl (C=O) groups excluding carboxylic acids is 1. The van der Waals surface area contributed by atoms with Crippen molar-refractivity contribution >= 4 is 30.2 Å². The van der Waals surface area contributed by atoms with Gasteiger partial charge in [0, 0.05) is 6.20 Å². The minimum Gasteiger partial charge on any atom is -0.464 e. The molecule has 0 saturated carbocycles. The first-order valence-electron chi connectivity index (χ1n) is 4.24. The van der Waals surface area contributed by atoms with Crippen molar-refractivity contribution in [1.82, 2.24) is 9.97 Å². The van der Waals surface area contributed by atoms with E-state index in [0.29, 0.717) is 5.69 Å². The Kier molecular flexibility index (Phi) is 2.00. The van der Waals surface area contributed by atoms with Crippen LogP contribution >= 0.6 is 0 Å². The van der Waals surface area contributed by atoms with Crippen LogP contribution in [0.3, 0.4) is 0 Å². The van der Waals surface area contributed by atoms with Gasteiger partial charge in [-0.1, -0.05) is 5.46 Å². The van der Waals surface area contributed by atoms with Crippen LogP contribution in [0.1, 0.15) is 10.5 Å². The maximum atomic E-state index is 11.2. The molecule has 0 aliphatic rings. The lowest BCUT2D eigenvalue weighted by atomic mass is 9.95. The molecule has 0 unspecified atom stereocenters. The number of aromatic amines is 1. The molecule has 0 radical (unpaired) electrons. The Morgan fingerprint density at radius 2 is 2.36 bits per heavy atom. The largest absolute Gasteiger partial charge is 0.464 e. The molecule has 0 spiro atoms. The molecule has 5 heteroatoms. The van der Waals surface area contributed by atoms with Gasteiger partial charge in [0.15, 0.2) is 0 Å². The Balaban J connectivity index is 2.62. The first kappa shape index (κ1) is 8.81. The number of methoxy groups -OCH3 is 1. The van der Waals surface area contributed by atoms with Gasteiger partial charge in [0.2, 0.25) is 0 Å². The van der Waals surface area contributed by atoms with E-state index in [2.05, 4.69) is 14.7 Å². The van der Waals surface area contributed by atoms with Gasteiger partial charge in [-0.3, -0.25) is 4.98 Å². The third-order valence-electron chi connectivity index (χ3n) is 2.15. The van der Waals surface area contributed by atoms with Crippen molar-refractivity contribution in [2.24, 2.45) is 0 Å². The standard InChI is InChI=1S/C9H9BN2O2/c1-14-9(13)7-2-5-6(10)3-11-4-8(5)12-7/h2-4,12H,10H2,1H3. The number of rotatable bonds is 1. The summed E-state index contributed by atoms with van der Waals surface area (Å²) in [6, 6.07) is 1.78. The number of carbonyl (C=O) groups is 1. The summed E-state index contributed by atoms with van der Waals surface area (Å²) >= 11 is 0. The number of ether oxygens (including phenoxy) is 1. The highest BCUT2D eigenvalue weighted by molar-refractivity contribution is 6.38. The Morgan fingerprint density at radius 1 is 1.57 bits per heavy atom. The number of hydrogen-bond acceptors (Lipinski definition) is 3. The Hall–Kier alpha value is -1.78. The zero-order valence-electron chi connectivity index (χ0n) is 8.00. The first-order valence-corrected chi connectivity index (χ1v) is 4.24. The lowest BCUT2D eigenvalue weighted by molar-refractivity contribution is 0.0595. The minimum absolute atomic E-state index is 0.361. The van der Waals surface area contributed by atoms with Crippen LogP contribution in [-0.4, -0.2) is 30.9 Å². The molecule has 70 valence electrons. The topological polar surface area (TPSA) is 55.0 Å². The second-order valence-corrected chi connectivity index (χ2v) is 3.09. The molecular weight excluding hydrogens is 179 g/mol. The fraction of sp³-hybridized carbons (Fsp3) is 0.111. The van der Waals surface area contributed by atoms with E-state index in [1.807, 2.05) is 7.85 Å². The molecule has 2 heterocycles. The van der Waals surface area contributed by atoms with Gasteiger partial charge in [-0.15, -0.1) is 0 Å². The smallest absolute Gasteiger partial charge is 0.354 e. The number of pyridine rings is 1. The summed E-state index contributed by atoms with van der Waals surface area (Å²) < 4.78 is 4.62. The molecule has 0 bridgehead atoms. The van der Waals surface area contributed by atoms with Gasteiger partial charge < -0.3 is 9.72 Å². The van der Waals surface area contributed by atoms with E-state index in [9.17, 15) is 4.79 Å². The summed E-state index contributed by atoms with van der Waals surface area (Å²) in [5.74, 6) is -0.361. The van der Waals surface area contributed by atoms with Crippen LogP contribution < -0.4 is 5.46 Å². The summed E-state index contributed by atoms with van der Waals surface area (Å²) in [4.78, 5) is 18.2. The highest BCUT2D eigenvalue weighted by Gasteiger charge is 2.09. The number of fused-ring (bicyclic) bond motifs is 1. The molecule has 0 amide bonds. The normalized spacial score (nSPS) is 10.4. The molecule has 0 saturated heterocycles. The number of nitrogens with one attached hydrogen (secondary N) is 1. The van der Waals surface area contributed by atoms with E-state index >= 15 is 0 Å². The van der Waals surface area contributed by atoms with E-state index in [0.717, 1.165) is 16.4 Å². The fourth-order valence-electron chi connectivity index (χ4n) is 1.41. The Morgan fingerprint density at radius 3 is 3.00 bits per heavy atom. The van der Waals surface area contributed by atoms with E-state index in [1.54, 1.807) is 18.5 Å². The first-order chi connectivity index (χ1) is 6.72. The zero-order chi connectivity index (χ0) is 10.1. The van der Waals surface area contributed by atoms with E-state index in [4.69, 9.17) is 0 Å². The van der Waals surface area contributed by atoms with Crippen molar-refractivity contribution in [2.75, 3.05) is 7.11 Å². The van der Waals surface area contributed by atoms with Crippen LogP contribution in [-0.2, 0) is 4.74 Å². The molecule has 4 nitrogen and oxygen atoms in total. The number of H-pyrrole nitrogens is 1. The lowest BCUT2D eigenvalue weighted by Crippen LogP contribution is -2.02. The minimum atomic E-state index is -0.361. The second-order valence-electron chi connectivity index (χ2n) is 3.09. The van der Waals surface area contributed by atoms with Crippen LogP contribution in [0.25, 0.3) is 10.9 Å². The maximum Gasteiger partial charge on any atom is 0.354 e. The zero-order valence-corrected chi connectivity index (χ0v) is 8.00. The predicted octanol–water partition coefficient (Wildman–Crippen LogP) is -0.392. The van der Waals surface area contributed by atoms with Gasteiger partial charge in [-0.05, 0) is 11.5 Å². The van der Waals surface area contributed by atoms with Crippen LogP contribution in [0.5, 0.6) is 0 Å². The second kappa shape index (κ2) is 3.18. The van der Waals surface area contributed by atoms with Crippen molar-refractivity contribution in [3.05, 3.63) is 24.2 Å². The maximum absolute atomic E-state index is 11.2. The Labute approximate surface area is 81.7 Å². The fourth-order valence-corrected chi connectivity index (χ4v) is 1.41. The molecule has 14 heavy (non-hydrogen) atoms. The van der Waals surface area contributed by atoms with Gasteiger partial charge >= 0.3 is 5.97 Å². The molecular formula is C9H9BN2O2. The summed E-state index contributed by atoms with van der Waals surface area (Å²) in [6.45, 7) is 0. The molecule has 0 atom stereocenters. The van der Waals surface area contributed by atoms with Gasteiger partial charge in [-0.25, -0.2) is 4.79 Å². The third-order valence-corrected chi connectivity index (χ3v) is 2.15. The van der Waals surface area contributed by atoms with Crippen molar-refractivity contribution in [3.8, 4) is 0 Å². The van der Waals surface area contributed by atoms with Crippen LogP contribution in [0.4, 0.5) is 0 Å². The molecule has 0 aromatic carbocycles. The van der Waals surface area contributed by atoms with Crippen molar-refractivity contribution in [2.45, 2.75) is 0 Å². The summed E-state index contributed by atoms with van der Waals surface area (Å²) in [5, 5.41) is 1.00. The number of esters is 1. The molecule has 0 fully saturated rings. The van der Waals surface area contributed by atoms with Crippen molar-refractivity contribution in [3.63, 3.8) is 0 Å². The molecule has 2 rings (SSSR count). The number of aromatic nitrogens is 2. The van der Waals surface area contributed by atoms with Crippen LogP contribution in [0.2, 0.25) is 0 Å². The quantitative estimate of drug-likeness (QED) is 0.489. The lowest BCUT2D eigenvalue weighted by Gasteiger charge is -1.91. The highest BCUT2D eigenvalue weighted by Crippen LogP contribution is 2.11. The van der Waals surface area contributed by atoms with E-state index in [1.165, 1.54) is 7.11 Å². The SMILES string of the molecule is Bc1cncc2[nH]c(C(=O)OC)cc12. The van der Waals surface area contributed by atoms with Gasteiger partial charge in [-0.2, -0.15) is 0 Å². The summed E-state index contributed by atoms with van der Waals surface area (Å²) in [5.41, 5.74) is 2.35. The molecule has 2 aromatic heterocycles. The third kappa shape index (κ3) is 1.27. The van der Waals surface area contributed by atoms with Crippen molar-refractivity contribution in [1.29, 1.82) is 0 Å². The summed E-state index contributed by atoms with van der Waals surface area (Å²) in [7, 11) is 3.31. The number of hydrogen-bond donors (Lipinski definition) is 1. The molecule has 1 N–H and O–H groups in total. The van der Waals surface area contributed by atoms with Crippen LogP contribution in [0.15, 0.2) is 18.5 Å². The predicted molar refractivity (Wildman–Crippen MR) is 55.6 cm³/mol. The number of nitrogens with zero attached hydrogens (tertiary/aromatic N) is 1. The molecule has 0 aliphatic carbocycles. The van der Waals surface area contributed by atoms with Crippen LogP contribution in [0, 0.1) is 0 Å². The average molecular weight is 188 g/mol. The van der Waals surface area contributed by atoms with Gasteiger partial charge in [0.25, 0.3) is 0 Å². The summed E-state index contributed by atoms with van der Waals surface area (Å²) in [6.07, 6.45) is 3.45.